The van der Waals surface area contributed by atoms with Gasteiger partial charge in [-0.25, -0.2) is 9.97 Å². The van der Waals surface area contributed by atoms with Crippen LogP contribution in [0.3, 0.4) is 0 Å². The highest BCUT2D eigenvalue weighted by Crippen LogP contribution is 1.95. The van der Waals surface area contributed by atoms with Crippen molar-refractivity contribution in [1.82, 2.24) is 15.3 Å². The molecule has 0 aliphatic rings. The second-order valence-corrected chi connectivity index (χ2v) is 2.12. The molecule has 1 aromatic rings. The Labute approximate surface area is 66.1 Å². The van der Waals surface area contributed by atoms with E-state index in [-0.39, 0.29) is 0 Å². The number of hydrogen-bond acceptors (Lipinski definition) is 4. The summed E-state index contributed by atoms with van der Waals surface area (Å²) in [6.45, 7) is 1.82. The van der Waals surface area contributed by atoms with E-state index < -0.39 is 0 Å². The molecule has 0 aliphatic carbocycles. The van der Waals surface area contributed by atoms with Crippen LogP contribution < -0.4 is 10.6 Å². The minimum atomic E-state index is 0.871. The Bertz CT molecular complexity index is 187. The molecule has 0 aromatic carbocycles. The standard InChI is InChI=1S/C7H12N4/c1-8-4-5-10-7-2-3-9-6-11-7/h2-3,6,8H,4-5H2,1H3,(H,9,10,11). The van der Waals surface area contributed by atoms with E-state index in [4.69, 9.17) is 0 Å². The third kappa shape index (κ3) is 2.95. The SMILES string of the molecule is CNCCNc1ccncn1. The molecular formula is C7H12N4. The molecule has 0 saturated heterocycles. The number of nitrogens with one attached hydrogen (secondary N) is 2. The van der Waals surface area contributed by atoms with E-state index in [1.165, 1.54) is 6.33 Å². The molecule has 0 saturated carbocycles. The lowest BCUT2D eigenvalue weighted by Crippen LogP contribution is -2.18. The third-order valence-electron chi connectivity index (χ3n) is 1.26. The van der Waals surface area contributed by atoms with E-state index in [2.05, 4.69) is 20.6 Å². The quantitative estimate of drug-likeness (QED) is 0.601. The molecule has 4 nitrogen and oxygen atoms in total. The first kappa shape index (κ1) is 7.94. The Balaban J connectivity index is 2.28. The van der Waals surface area contributed by atoms with Gasteiger partial charge in [-0.05, 0) is 13.1 Å². The Morgan fingerprint density at radius 2 is 2.36 bits per heavy atom. The summed E-state index contributed by atoms with van der Waals surface area (Å²) in [4.78, 5) is 7.81. The molecule has 0 amide bonds. The monoisotopic (exact) mass is 152 g/mol. The van der Waals surface area contributed by atoms with Crippen molar-refractivity contribution in [2.75, 3.05) is 25.5 Å². The van der Waals surface area contributed by atoms with Gasteiger partial charge >= 0.3 is 0 Å². The number of anilines is 1. The maximum Gasteiger partial charge on any atom is 0.129 e. The summed E-state index contributed by atoms with van der Waals surface area (Å²) < 4.78 is 0. The predicted octanol–water partition coefficient (Wildman–Crippen LogP) is 0.108. The smallest absolute Gasteiger partial charge is 0.129 e. The zero-order valence-electron chi connectivity index (χ0n) is 6.54. The van der Waals surface area contributed by atoms with E-state index in [1.54, 1.807) is 6.20 Å². The van der Waals surface area contributed by atoms with Crippen LogP contribution in [0.25, 0.3) is 0 Å². The summed E-state index contributed by atoms with van der Waals surface area (Å²) in [6, 6.07) is 1.84. The molecule has 0 atom stereocenters. The first-order chi connectivity index (χ1) is 5.43. The molecule has 60 valence electrons. The van der Waals surface area contributed by atoms with Gasteiger partial charge in [0.05, 0.1) is 0 Å². The lowest BCUT2D eigenvalue weighted by atomic mass is 10.5. The van der Waals surface area contributed by atoms with Gasteiger partial charge in [0.1, 0.15) is 12.1 Å². The van der Waals surface area contributed by atoms with Crippen molar-refractivity contribution in [3.8, 4) is 0 Å². The molecular weight excluding hydrogens is 140 g/mol. The Kier molecular flexibility index (Phi) is 3.34. The molecule has 4 heteroatoms. The molecule has 11 heavy (non-hydrogen) atoms. The van der Waals surface area contributed by atoms with E-state index in [0.29, 0.717) is 0 Å². The zero-order chi connectivity index (χ0) is 7.94. The molecule has 0 bridgehead atoms. The second-order valence-electron chi connectivity index (χ2n) is 2.12. The van der Waals surface area contributed by atoms with Gasteiger partial charge in [-0.15, -0.1) is 0 Å². The molecule has 1 aromatic heterocycles. The fourth-order valence-electron chi connectivity index (χ4n) is 0.711. The summed E-state index contributed by atoms with van der Waals surface area (Å²) >= 11 is 0. The number of aromatic nitrogens is 2. The van der Waals surface area contributed by atoms with E-state index >= 15 is 0 Å². The summed E-state index contributed by atoms with van der Waals surface area (Å²) in [5, 5.41) is 6.16. The van der Waals surface area contributed by atoms with Crippen molar-refractivity contribution >= 4 is 5.82 Å². The van der Waals surface area contributed by atoms with E-state index in [9.17, 15) is 0 Å². The summed E-state index contributed by atoms with van der Waals surface area (Å²) in [6.07, 6.45) is 3.25. The Morgan fingerprint density at radius 1 is 1.45 bits per heavy atom. The minimum Gasteiger partial charge on any atom is -0.369 e. The average Bonchev–Trinajstić information content (AvgIpc) is 2.07. The Morgan fingerprint density at radius 3 is 3.00 bits per heavy atom. The van der Waals surface area contributed by atoms with Gasteiger partial charge < -0.3 is 10.6 Å². The molecule has 0 unspecified atom stereocenters. The van der Waals surface area contributed by atoms with Crippen LogP contribution in [0.4, 0.5) is 5.82 Å². The highest BCUT2D eigenvalue weighted by Gasteiger charge is 1.87. The highest BCUT2D eigenvalue weighted by atomic mass is 15.0. The predicted molar refractivity (Wildman–Crippen MR) is 44.4 cm³/mol. The minimum absolute atomic E-state index is 0.871. The highest BCUT2D eigenvalue weighted by molar-refractivity contribution is 5.31. The fraction of sp³-hybridized carbons (Fsp3) is 0.429. The molecule has 1 rings (SSSR count). The molecule has 0 radical (unpaired) electrons. The van der Waals surface area contributed by atoms with Gasteiger partial charge in [0.15, 0.2) is 0 Å². The lowest BCUT2D eigenvalue weighted by Gasteiger charge is -2.02. The number of nitrogens with zero attached hydrogens (tertiary/aromatic N) is 2. The Hall–Kier alpha value is -1.16. The zero-order valence-corrected chi connectivity index (χ0v) is 6.54. The maximum absolute atomic E-state index is 4.00. The number of likely N-dealkylation sites (N-methyl/N-ethyl adjacent to an activating group) is 1. The van der Waals surface area contributed by atoms with Crippen LogP contribution in [0.5, 0.6) is 0 Å². The van der Waals surface area contributed by atoms with Crippen molar-refractivity contribution in [3.63, 3.8) is 0 Å². The van der Waals surface area contributed by atoms with Crippen LogP contribution in [-0.4, -0.2) is 30.1 Å². The average molecular weight is 152 g/mol. The summed E-state index contributed by atoms with van der Waals surface area (Å²) in [7, 11) is 1.92. The van der Waals surface area contributed by atoms with Gasteiger partial charge in [-0.3, -0.25) is 0 Å². The van der Waals surface area contributed by atoms with Crippen molar-refractivity contribution in [1.29, 1.82) is 0 Å². The third-order valence-corrected chi connectivity index (χ3v) is 1.26. The van der Waals surface area contributed by atoms with Gasteiger partial charge in [-0.1, -0.05) is 0 Å². The topological polar surface area (TPSA) is 49.8 Å². The van der Waals surface area contributed by atoms with Gasteiger partial charge in [0.25, 0.3) is 0 Å². The van der Waals surface area contributed by atoms with Gasteiger partial charge in [0.2, 0.25) is 0 Å². The van der Waals surface area contributed by atoms with Crippen LogP contribution in [0, 0.1) is 0 Å². The molecule has 0 fully saturated rings. The fourth-order valence-corrected chi connectivity index (χ4v) is 0.711. The van der Waals surface area contributed by atoms with Crippen LogP contribution in [-0.2, 0) is 0 Å². The first-order valence-electron chi connectivity index (χ1n) is 3.58. The number of rotatable bonds is 4. The van der Waals surface area contributed by atoms with Crippen LogP contribution >= 0.6 is 0 Å². The number of hydrogen-bond donors (Lipinski definition) is 2. The molecule has 0 aliphatic heterocycles. The maximum atomic E-state index is 4.00. The normalized spacial score (nSPS) is 9.55. The molecule has 1 heterocycles. The van der Waals surface area contributed by atoms with Crippen molar-refractivity contribution in [2.24, 2.45) is 0 Å². The molecule has 0 spiro atoms. The first-order valence-corrected chi connectivity index (χ1v) is 3.58. The molecule has 2 N–H and O–H groups in total. The largest absolute Gasteiger partial charge is 0.369 e. The van der Waals surface area contributed by atoms with Crippen molar-refractivity contribution in [3.05, 3.63) is 18.6 Å². The second kappa shape index (κ2) is 4.62. The van der Waals surface area contributed by atoms with Crippen molar-refractivity contribution < 1.29 is 0 Å². The summed E-state index contributed by atoms with van der Waals surface area (Å²) in [5.74, 6) is 0.871. The summed E-state index contributed by atoms with van der Waals surface area (Å²) in [5.41, 5.74) is 0. The van der Waals surface area contributed by atoms with E-state index in [0.717, 1.165) is 18.9 Å². The van der Waals surface area contributed by atoms with Gasteiger partial charge in [0, 0.05) is 19.3 Å². The van der Waals surface area contributed by atoms with E-state index in [1.807, 2.05) is 13.1 Å². The van der Waals surface area contributed by atoms with Crippen LogP contribution in [0.2, 0.25) is 0 Å². The van der Waals surface area contributed by atoms with Gasteiger partial charge in [-0.2, -0.15) is 0 Å². The lowest BCUT2D eigenvalue weighted by molar-refractivity contribution is 0.821. The van der Waals surface area contributed by atoms with Crippen LogP contribution in [0.15, 0.2) is 18.6 Å². The van der Waals surface area contributed by atoms with Crippen LogP contribution in [0.1, 0.15) is 0 Å². The van der Waals surface area contributed by atoms with Crippen molar-refractivity contribution in [2.45, 2.75) is 0 Å².